The fraction of sp³-hybridized carbons (Fsp3) is 0.571. The summed E-state index contributed by atoms with van der Waals surface area (Å²) in [5.74, 6) is 1.46. The zero-order chi connectivity index (χ0) is 25.1. The molecule has 2 aromatic rings. The average Bonchev–Trinajstić information content (AvgIpc) is 2.92. The molecule has 3 aliphatic heterocycles. The molecule has 0 saturated carbocycles. The van der Waals surface area contributed by atoms with E-state index >= 15 is 0 Å². The van der Waals surface area contributed by atoms with Crippen LogP contribution in [-0.4, -0.2) is 80.0 Å². The number of carbonyl (C=O) groups is 1. The van der Waals surface area contributed by atoms with E-state index in [0.29, 0.717) is 24.6 Å². The summed E-state index contributed by atoms with van der Waals surface area (Å²) in [6.45, 7) is 9.16. The molecule has 0 N–H and O–H groups in total. The second-order valence-corrected chi connectivity index (χ2v) is 10.4. The van der Waals surface area contributed by atoms with Crippen molar-refractivity contribution in [1.29, 1.82) is 0 Å². The lowest BCUT2D eigenvalue weighted by Gasteiger charge is -2.47. The van der Waals surface area contributed by atoms with Gasteiger partial charge in [0.25, 0.3) is 5.91 Å². The number of amides is 1. The molecule has 4 heterocycles. The van der Waals surface area contributed by atoms with Crippen LogP contribution in [0.1, 0.15) is 39.5 Å². The third kappa shape index (κ3) is 5.44. The van der Waals surface area contributed by atoms with Gasteiger partial charge in [0, 0.05) is 44.0 Å². The van der Waals surface area contributed by atoms with E-state index in [2.05, 4.69) is 52.9 Å². The van der Waals surface area contributed by atoms with Crippen LogP contribution in [0.3, 0.4) is 0 Å². The Morgan fingerprint density at radius 3 is 2.31 bits per heavy atom. The number of pyridine rings is 1. The second-order valence-electron chi connectivity index (χ2n) is 10.4. The maximum Gasteiger partial charge on any atom is 0.253 e. The fourth-order valence-corrected chi connectivity index (χ4v) is 5.52. The molecule has 8 nitrogen and oxygen atoms in total. The van der Waals surface area contributed by atoms with E-state index in [0.717, 1.165) is 63.3 Å². The maximum absolute atomic E-state index is 12.6. The number of nitrogens with zero attached hydrogens (tertiary/aromatic N) is 4. The molecule has 3 saturated heterocycles. The summed E-state index contributed by atoms with van der Waals surface area (Å²) in [6.07, 6.45) is 5.90. The number of rotatable bonds is 6. The number of benzene rings is 1. The SMILES string of the molecule is COc1ccc(N2CC3(CCN(c4ccc(OC5CCN(C(C)C)CC5)cc4)CC3)OCC2=O)cn1. The van der Waals surface area contributed by atoms with Gasteiger partial charge in [0.15, 0.2) is 0 Å². The zero-order valence-corrected chi connectivity index (χ0v) is 21.7. The van der Waals surface area contributed by atoms with Gasteiger partial charge in [0.05, 0.1) is 31.1 Å². The lowest BCUT2D eigenvalue weighted by molar-refractivity contribution is -0.141. The molecule has 194 valence electrons. The van der Waals surface area contributed by atoms with Gasteiger partial charge in [-0.3, -0.25) is 4.79 Å². The summed E-state index contributed by atoms with van der Waals surface area (Å²) in [5.41, 5.74) is 1.67. The zero-order valence-electron chi connectivity index (χ0n) is 21.7. The first kappa shape index (κ1) is 24.8. The molecule has 1 spiro atoms. The van der Waals surface area contributed by atoms with Crippen LogP contribution in [0.5, 0.6) is 11.6 Å². The number of anilines is 2. The first-order valence-electron chi connectivity index (χ1n) is 13.1. The molecule has 36 heavy (non-hydrogen) atoms. The van der Waals surface area contributed by atoms with Crippen LogP contribution in [0.2, 0.25) is 0 Å². The number of ether oxygens (including phenoxy) is 3. The minimum absolute atomic E-state index is 0.0273. The van der Waals surface area contributed by atoms with Crippen molar-refractivity contribution in [3.8, 4) is 11.6 Å². The third-order valence-corrected chi connectivity index (χ3v) is 7.88. The first-order chi connectivity index (χ1) is 17.4. The number of morpholine rings is 1. The molecule has 0 unspecified atom stereocenters. The first-order valence-corrected chi connectivity index (χ1v) is 13.1. The molecule has 8 heteroatoms. The number of hydrogen-bond acceptors (Lipinski definition) is 7. The minimum Gasteiger partial charge on any atom is -0.490 e. The molecular weight excluding hydrogens is 456 g/mol. The van der Waals surface area contributed by atoms with Crippen molar-refractivity contribution in [1.82, 2.24) is 9.88 Å². The van der Waals surface area contributed by atoms with Crippen molar-refractivity contribution in [3.63, 3.8) is 0 Å². The molecule has 0 bridgehead atoms. The van der Waals surface area contributed by atoms with Crippen molar-refractivity contribution in [3.05, 3.63) is 42.6 Å². The van der Waals surface area contributed by atoms with Crippen molar-refractivity contribution in [2.24, 2.45) is 0 Å². The molecule has 1 amide bonds. The van der Waals surface area contributed by atoms with Crippen molar-refractivity contribution in [2.45, 2.75) is 57.3 Å². The standard InChI is InChI=1S/C28H38N4O4/c1-21(2)30-14-10-25(11-15-30)36-24-7-4-22(5-8-24)31-16-12-28(13-17-31)20-32(27(33)19-35-28)23-6-9-26(34-3)29-18-23/h4-9,18,21,25H,10-17,19-20H2,1-3H3. The van der Waals surface area contributed by atoms with Crippen LogP contribution in [0.25, 0.3) is 0 Å². The Balaban J connectivity index is 1.15. The average molecular weight is 495 g/mol. The monoisotopic (exact) mass is 494 g/mol. The van der Waals surface area contributed by atoms with Crippen molar-refractivity contribution in [2.75, 3.05) is 56.2 Å². The van der Waals surface area contributed by atoms with Crippen LogP contribution < -0.4 is 19.3 Å². The lowest BCUT2D eigenvalue weighted by atomic mass is 9.88. The Morgan fingerprint density at radius 2 is 1.69 bits per heavy atom. The third-order valence-electron chi connectivity index (χ3n) is 7.88. The van der Waals surface area contributed by atoms with Crippen molar-refractivity contribution < 1.29 is 19.0 Å². The van der Waals surface area contributed by atoms with Gasteiger partial charge in [0.1, 0.15) is 18.5 Å². The fourth-order valence-electron chi connectivity index (χ4n) is 5.52. The van der Waals surface area contributed by atoms with E-state index in [4.69, 9.17) is 14.2 Å². The predicted octanol–water partition coefficient (Wildman–Crippen LogP) is 3.74. The molecular formula is C28H38N4O4. The normalized spacial score (nSPS) is 21.3. The summed E-state index contributed by atoms with van der Waals surface area (Å²) in [4.78, 5) is 23.6. The Morgan fingerprint density at radius 1 is 1.00 bits per heavy atom. The van der Waals surface area contributed by atoms with Gasteiger partial charge in [-0.25, -0.2) is 4.98 Å². The van der Waals surface area contributed by atoms with Crippen LogP contribution in [0.4, 0.5) is 11.4 Å². The number of aromatic nitrogens is 1. The molecule has 0 atom stereocenters. The highest BCUT2D eigenvalue weighted by molar-refractivity contribution is 5.95. The summed E-state index contributed by atoms with van der Waals surface area (Å²) in [6, 6.07) is 12.8. The lowest BCUT2D eigenvalue weighted by Crippen LogP contribution is -2.59. The Kier molecular flexibility index (Phi) is 7.34. The number of likely N-dealkylation sites (tertiary alicyclic amines) is 1. The van der Waals surface area contributed by atoms with Gasteiger partial charge in [-0.15, -0.1) is 0 Å². The number of methoxy groups -OCH3 is 1. The van der Waals surface area contributed by atoms with Crippen LogP contribution >= 0.6 is 0 Å². The Bertz CT molecular complexity index is 1010. The largest absolute Gasteiger partial charge is 0.490 e. The van der Waals surface area contributed by atoms with E-state index in [1.165, 1.54) is 5.69 Å². The second kappa shape index (κ2) is 10.6. The highest BCUT2D eigenvalue weighted by atomic mass is 16.5. The smallest absolute Gasteiger partial charge is 0.253 e. The number of hydrogen-bond donors (Lipinski definition) is 0. The Hall–Kier alpha value is -2.84. The van der Waals surface area contributed by atoms with Crippen LogP contribution in [0, 0.1) is 0 Å². The van der Waals surface area contributed by atoms with Gasteiger partial charge < -0.3 is 28.9 Å². The molecule has 3 aliphatic rings. The molecule has 0 aliphatic carbocycles. The molecule has 3 fully saturated rings. The molecule has 1 aromatic heterocycles. The number of carbonyl (C=O) groups excluding carboxylic acids is 1. The van der Waals surface area contributed by atoms with E-state index in [-0.39, 0.29) is 18.1 Å². The van der Waals surface area contributed by atoms with Crippen LogP contribution in [-0.2, 0) is 9.53 Å². The highest BCUT2D eigenvalue weighted by Crippen LogP contribution is 2.35. The summed E-state index contributed by atoms with van der Waals surface area (Å²) < 4.78 is 17.6. The highest BCUT2D eigenvalue weighted by Gasteiger charge is 2.43. The summed E-state index contributed by atoms with van der Waals surface area (Å²) in [7, 11) is 1.59. The van der Waals surface area contributed by atoms with E-state index in [1.54, 1.807) is 19.4 Å². The van der Waals surface area contributed by atoms with Gasteiger partial charge >= 0.3 is 0 Å². The van der Waals surface area contributed by atoms with E-state index in [1.807, 2.05) is 11.0 Å². The van der Waals surface area contributed by atoms with Crippen LogP contribution in [0.15, 0.2) is 42.6 Å². The minimum atomic E-state index is -0.321. The summed E-state index contributed by atoms with van der Waals surface area (Å²) >= 11 is 0. The maximum atomic E-state index is 12.6. The summed E-state index contributed by atoms with van der Waals surface area (Å²) in [5, 5.41) is 0. The topological polar surface area (TPSA) is 67.4 Å². The molecule has 5 rings (SSSR count). The van der Waals surface area contributed by atoms with Crippen molar-refractivity contribution >= 4 is 17.3 Å². The predicted molar refractivity (Wildman–Crippen MR) is 140 cm³/mol. The van der Waals surface area contributed by atoms with Gasteiger partial charge in [-0.2, -0.15) is 0 Å². The van der Waals surface area contributed by atoms with Gasteiger partial charge in [-0.1, -0.05) is 0 Å². The number of piperidine rings is 2. The van der Waals surface area contributed by atoms with Gasteiger partial charge in [0.2, 0.25) is 5.88 Å². The quantitative estimate of drug-likeness (QED) is 0.606. The van der Waals surface area contributed by atoms with E-state index in [9.17, 15) is 4.79 Å². The van der Waals surface area contributed by atoms with Gasteiger partial charge in [-0.05, 0) is 69.9 Å². The molecule has 1 aromatic carbocycles. The molecule has 0 radical (unpaired) electrons. The Labute approximate surface area is 214 Å². The van der Waals surface area contributed by atoms with E-state index < -0.39 is 0 Å².